The molecule has 7 heteroatoms. The number of ether oxygens (including phenoxy) is 2. The first kappa shape index (κ1) is 26.2. The van der Waals surface area contributed by atoms with Crippen LogP contribution in [0.5, 0.6) is 11.5 Å². The van der Waals surface area contributed by atoms with Gasteiger partial charge in [-0.1, -0.05) is 55.5 Å². The van der Waals surface area contributed by atoms with Gasteiger partial charge in [-0.3, -0.25) is 9.59 Å². The lowest BCUT2D eigenvalue weighted by Crippen LogP contribution is -2.32. The fraction of sp³-hybridized carbons (Fsp3) is 0.129. The number of hydrogen-bond acceptors (Lipinski definition) is 5. The molecule has 0 saturated heterocycles. The molecule has 4 rings (SSSR count). The van der Waals surface area contributed by atoms with Crippen LogP contribution in [0.15, 0.2) is 102 Å². The van der Waals surface area contributed by atoms with Crippen molar-refractivity contribution in [2.24, 2.45) is 5.10 Å². The summed E-state index contributed by atoms with van der Waals surface area (Å²) in [5.74, 6) is 0.569. The number of rotatable bonds is 10. The first-order chi connectivity index (χ1) is 18.6. The second-order valence-electron chi connectivity index (χ2n) is 8.47. The van der Waals surface area contributed by atoms with Crippen LogP contribution in [0.25, 0.3) is 16.8 Å². The highest BCUT2D eigenvalue weighted by atomic mass is 16.5. The number of hydrazone groups is 1. The first-order valence-electron chi connectivity index (χ1n) is 12.3. The highest BCUT2D eigenvalue weighted by molar-refractivity contribution is 6.05. The van der Waals surface area contributed by atoms with Crippen LogP contribution in [0.1, 0.15) is 34.8 Å². The van der Waals surface area contributed by atoms with E-state index < -0.39 is 11.8 Å². The van der Waals surface area contributed by atoms with Crippen molar-refractivity contribution in [3.63, 3.8) is 0 Å². The molecular formula is C31H29N3O4. The average molecular weight is 508 g/mol. The number of nitrogens with one attached hydrogen (secondary N) is 2. The zero-order valence-corrected chi connectivity index (χ0v) is 21.3. The molecule has 0 aliphatic rings. The molecule has 192 valence electrons. The Morgan fingerprint density at radius 3 is 2.26 bits per heavy atom. The van der Waals surface area contributed by atoms with Crippen LogP contribution in [0.3, 0.4) is 0 Å². The highest BCUT2D eigenvalue weighted by Crippen LogP contribution is 2.21. The van der Waals surface area contributed by atoms with Gasteiger partial charge in [-0.25, -0.2) is 5.43 Å². The molecule has 0 radical (unpaired) electrons. The number of benzene rings is 4. The topological polar surface area (TPSA) is 89.0 Å². The van der Waals surface area contributed by atoms with Crippen LogP contribution < -0.4 is 20.2 Å². The zero-order valence-electron chi connectivity index (χ0n) is 21.3. The Balaban J connectivity index is 1.51. The van der Waals surface area contributed by atoms with Crippen molar-refractivity contribution in [2.45, 2.75) is 13.3 Å². The summed E-state index contributed by atoms with van der Waals surface area (Å²) >= 11 is 0. The summed E-state index contributed by atoms with van der Waals surface area (Å²) in [5, 5.41) is 8.87. The van der Waals surface area contributed by atoms with Crippen LogP contribution in [0, 0.1) is 0 Å². The third-order valence-corrected chi connectivity index (χ3v) is 5.64. The van der Waals surface area contributed by atoms with Gasteiger partial charge in [0, 0.05) is 5.56 Å². The molecule has 2 N–H and O–H groups in total. The van der Waals surface area contributed by atoms with E-state index in [9.17, 15) is 9.59 Å². The van der Waals surface area contributed by atoms with Gasteiger partial charge in [0.1, 0.15) is 17.2 Å². The van der Waals surface area contributed by atoms with Crippen molar-refractivity contribution in [2.75, 3.05) is 13.7 Å². The maximum atomic E-state index is 13.0. The normalized spacial score (nSPS) is 11.4. The minimum absolute atomic E-state index is 0.0591. The number of fused-ring (bicyclic) bond motifs is 1. The summed E-state index contributed by atoms with van der Waals surface area (Å²) < 4.78 is 10.9. The van der Waals surface area contributed by atoms with E-state index in [-0.39, 0.29) is 5.70 Å². The number of carbonyl (C=O) groups excluding carboxylic acids is 2. The third-order valence-electron chi connectivity index (χ3n) is 5.64. The van der Waals surface area contributed by atoms with Crippen molar-refractivity contribution in [3.8, 4) is 11.5 Å². The lowest BCUT2D eigenvalue weighted by atomic mass is 10.1. The number of nitrogens with zero attached hydrogens (tertiary/aromatic N) is 1. The van der Waals surface area contributed by atoms with E-state index in [1.165, 1.54) is 0 Å². The number of carbonyl (C=O) groups is 2. The van der Waals surface area contributed by atoms with E-state index in [0.717, 1.165) is 39.8 Å². The average Bonchev–Trinajstić information content (AvgIpc) is 2.96. The molecule has 2 amide bonds. The maximum Gasteiger partial charge on any atom is 0.287 e. The fourth-order valence-corrected chi connectivity index (χ4v) is 3.66. The molecule has 0 unspecified atom stereocenters. The number of amides is 2. The van der Waals surface area contributed by atoms with Gasteiger partial charge in [-0.15, -0.1) is 0 Å². The summed E-state index contributed by atoms with van der Waals surface area (Å²) in [6.07, 6.45) is 4.06. The van der Waals surface area contributed by atoms with Crippen molar-refractivity contribution < 1.29 is 19.1 Å². The Morgan fingerprint density at radius 2 is 1.53 bits per heavy atom. The first-order valence-corrected chi connectivity index (χ1v) is 12.3. The summed E-state index contributed by atoms with van der Waals surface area (Å²) in [4.78, 5) is 25.8. The van der Waals surface area contributed by atoms with Crippen LogP contribution in [-0.2, 0) is 4.79 Å². The predicted octanol–water partition coefficient (Wildman–Crippen LogP) is 5.56. The molecule has 0 heterocycles. The molecule has 0 aromatic heterocycles. The molecule has 7 nitrogen and oxygen atoms in total. The second kappa shape index (κ2) is 12.9. The van der Waals surface area contributed by atoms with Gasteiger partial charge in [0.25, 0.3) is 11.8 Å². The fourth-order valence-electron chi connectivity index (χ4n) is 3.66. The predicted molar refractivity (Wildman–Crippen MR) is 150 cm³/mol. The standard InChI is InChI=1S/C31H29N3O4/c1-3-17-38-27-14-10-22(11-15-27)19-29(33-30(35)24-7-5-4-6-8-24)31(36)34-32-21-23-9-12-26-20-28(37-2)16-13-25(26)18-23/h4-16,18-21H,3,17H2,1-2H3,(H,33,35)(H,34,36)/b29-19-,32-21-. The van der Waals surface area contributed by atoms with Crippen molar-refractivity contribution in [3.05, 3.63) is 113 Å². The SMILES string of the molecule is CCCOc1ccc(/C=C(\NC(=O)c2ccccc2)C(=O)N/N=C\c2ccc3cc(OC)ccc3c2)cc1. The van der Waals surface area contributed by atoms with Crippen molar-refractivity contribution >= 4 is 34.9 Å². The summed E-state index contributed by atoms with van der Waals surface area (Å²) in [6.45, 7) is 2.66. The van der Waals surface area contributed by atoms with Gasteiger partial charge in [0.15, 0.2) is 0 Å². The van der Waals surface area contributed by atoms with E-state index in [0.29, 0.717) is 12.2 Å². The van der Waals surface area contributed by atoms with Crippen molar-refractivity contribution in [1.82, 2.24) is 10.7 Å². The summed E-state index contributed by atoms with van der Waals surface area (Å²) in [5.41, 5.74) is 4.54. The van der Waals surface area contributed by atoms with Gasteiger partial charge < -0.3 is 14.8 Å². The van der Waals surface area contributed by atoms with E-state index in [2.05, 4.69) is 15.8 Å². The molecule has 0 fully saturated rings. The quantitative estimate of drug-likeness (QED) is 0.167. The molecule has 0 aliphatic heterocycles. The van der Waals surface area contributed by atoms with E-state index in [1.54, 1.807) is 43.7 Å². The van der Waals surface area contributed by atoms with Gasteiger partial charge >= 0.3 is 0 Å². The molecule has 4 aromatic rings. The number of methoxy groups -OCH3 is 1. The van der Waals surface area contributed by atoms with Crippen molar-refractivity contribution in [1.29, 1.82) is 0 Å². The molecule has 4 aromatic carbocycles. The zero-order chi connectivity index (χ0) is 26.7. The molecule has 0 spiro atoms. The van der Waals surface area contributed by atoms with Gasteiger partial charge in [0.2, 0.25) is 0 Å². The molecule has 0 saturated carbocycles. The van der Waals surface area contributed by atoms with Gasteiger partial charge in [-0.2, -0.15) is 5.10 Å². The lowest BCUT2D eigenvalue weighted by molar-refractivity contribution is -0.117. The van der Waals surface area contributed by atoms with E-state index >= 15 is 0 Å². The van der Waals surface area contributed by atoms with Gasteiger partial charge in [0.05, 0.1) is 19.9 Å². The lowest BCUT2D eigenvalue weighted by Gasteiger charge is -2.10. The summed E-state index contributed by atoms with van der Waals surface area (Å²) in [7, 11) is 1.63. The molecule has 0 bridgehead atoms. The third kappa shape index (κ3) is 7.07. The minimum Gasteiger partial charge on any atom is -0.497 e. The molecule has 0 atom stereocenters. The van der Waals surface area contributed by atoms with E-state index in [4.69, 9.17) is 9.47 Å². The van der Waals surface area contributed by atoms with Crippen LogP contribution in [-0.4, -0.2) is 31.7 Å². The highest BCUT2D eigenvalue weighted by Gasteiger charge is 2.14. The largest absolute Gasteiger partial charge is 0.497 e. The Hall–Kier alpha value is -4.91. The Bertz CT molecular complexity index is 1460. The Labute approximate surface area is 221 Å². The Morgan fingerprint density at radius 1 is 0.842 bits per heavy atom. The monoisotopic (exact) mass is 507 g/mol. The maximum absolute atomic E-state index is 13.0. The van der Waals surface area contributed by atoms with E-state index in [1.807, 2.05) is 73.7 Å². The van der Waals surface area contributed by atoms with Gasteiger partial charge in [-0.05, 0) is 76.9 Å². The Kier molecular flexibility index (Phi) is 8.86. The minimum atomic E-state index is -0.553. The van der Waals surface area contributed by atoms with Crippen LogP contribution in [0.2, 0.25) is 0 Å². The molecule has 38 heavy (non-hydrogen) atoms. The second-order valence-corrected chi connectivity index (χ2v) is 8.47. The number of hydrogen-bond donors (Lipinski definition) is 2. The smallest absolute Gasteiger partial charge is 0.287 e. The molecular weight excluding hydrogens is 478 g/mol. The summed E-state index contributed by atoms with van der Waals surface area (Å²) in [6, 6.07) is 27.6. The molecule has 0 aliphatic carbocycles. The van der Waals surface area contributed by atoms with Crippen LogP contribution >= 0.6 is 0 Å². The van der Waals surface area contributed by atoms with Crippen LogP contribution in [0.4, 0.5) is 0 Å².